The number of rotatable bonds is 4. The zero-order valence-corrected chi connectivity index (χ0v) is 14.5. The summed E-state index contributed by atoms with van der Waals surface area (Å²) in [6.45, 7) is 0. The largest absolute Gasteiger partial charge is 0.420 e. The maximum absolute atomic E-state index is 5.75. The number of aromatic nitrogens is 5. The maximum Gasteiger partial charge on any atom is 0.247 e. The van der Waals surface area contributed by atoms with Gasteiger partial charge in [0.15, 0.2) is 5.16 Å². The van der Waals surface area contributed by atoms with Crippen molar-refractivity contribution >= 4 is 38.3 Å². The first-order valence-corrected chi connectivity index (χ1v) is 9.42. The lowest BCUT2D eigenvalue weighted by molar-refractivity contribution is 0.528. The third-order valence-corrected chi connectivity index (χ3v) is 5.65. The first-order chi connectivity index (χ1) is 12.4. The summed E-state index contributed by atoms with van der Waals surface area (Å²) in [4.78, 5) is 0.888. The number of nitrogens with zero attached hydrogens (tertiary/aromatic N) is 5. The van der Waals surface area contributed by atoms with Gasteiger partial charge in [-0.25, -0.2) is 0 Å². The average molecular weight is 365 g/mol. The summed E-state index contributed by atoms with van der Waals surface area (Å²) in [7, 11) is 0. The molecular formula is C17H11N5OS2. The minimum absolute atomic E-state index is 0.531. The van der Waals surface area contributed by atoms with Gasteiger partial charge >= 0.3 is 0 Å². The van der Waals surface area contributed by atoms with E-state index in [0.717, 1.165) is 21.2 Å². The molecule has 0 radical (unpaired) electrons. The normalized spacial score (nSPS) is 11.5. The van der Waals surface area contributed by atoms with E-state index in [2.05, 4.69) is 36.9 Å². The molecule has 0 aliphatic carbocycles. The average Bonchev–Trinajstić information content (AvgIpc) is 3.36. The zero-order chi connectivity index (χ0) is 16.6. The van der Waals surface area contributed by atoms with Crippen LogP contribution in [0.4, 0.5) is 0 Å². The summed E-state index contributed by atoms with van der Waals surface area (Å²) in [6.07, 6.45) is 0. The Morgan fingerprint density at radius 1 is 0.920 bits per heavy atom. The van der Waals surface area contributed by atoms with E-state index in [9.17, 15) is 0 Å². The molecule has 8 heteroatoms. The van der Waals surface area contributed by atoms with Crippen molar-refractivity contribution in [2.24, 2.45) is 0 Å². The minimum atomic E-state index is 0.531. The van der Waals surface area contributed by atoms with Crippen molar-refractivity contribution in [1.29, 1.82) is 0 Å². The van der Waals surface area contributed by atoms with Crippen LogP contribution in [0.3, 0.4) is 0 Å². The van der Waals surface area contributed by atoms with Gasteiger partial charge in [0.2, 0.25) is 16.7 Å². The van der Waals surface area contributed by atoms with Crippen LogP contribution in [0, 0.1) is 0 Å². The number of benzene rings is 2. The van der Waals surface area contributed by atoms with Crippen molar-refractivity contribution in [3.63, 3.8) is 0 Å². The molecule has 0 fully saturated rings. The molecule has 0 aliphatic rings. The number of thiazole rings is 1. The lowest BCUT2D eigenvalue weighted by Crippen LogP contribution is -1.87. The molecule has 0 atom stereocenters. The Bertz CT molecular complexity index is 1160. The third-order valence-electron chi connectivity index (χ3n) is 3.72. The number of fused-ring (bicyclic) bond motifs is 3. The van der Waals surface area contributed by atoms with Crippen molar-refractivity contribution in [2.45, 2.75) is 10.9 Å². The molecule has 6 nitrogen and oxygen atoms in total. The third kappa shape index (κ3) is 2.59. The van der Waals surface area contributed by atoms with Crippen molar-refractivity contribution in [1.82, 2.24) is 24.8 Å². The molecule has 2 aromatic carbocycles. The van der Waals surface area contributed by atoms with Crippen LogP contribution >= 0.6 is 23.1 Å². The highest BCUT2D eigenvalue weighted by Gasteiger charge is 2.14. The summed E-state index contributed by atoms with van der Waals surface area (Å²) in [6, 6.07) is 18.0. The molecule has 122 valence electrons. The highest BCUT2D eigenvalue weighted by Crippen LogP contribution is 2.30. The van der Waals surface area contributed by atoms with E-state index in [1.165, 1.54) is 16.5 Å². The minimum Gasteiger partial charge on any atom is -0.420 e. The molecule has 3 aromatic heterocycles. The summed E-state index contributed by atoms with van der Waals surface area (Å²) < 4.78 is 9.01. The topological polar surface area (TPSA) is 69.1 Å². The van der Waals surface area contributed by atoms with Crippen LogP contribution in [-0.4, -0.2) is 24.8 Å². The number of para-hydroxylation sites is 1. The number of hydrogen-bond acceptors (Lipinski definition) is 7. The Morgan fingerprint density at radius 3 is 2.68 bits per heavy atom. The first-order valence-electron chi connectivity index (χ1n) is 7.62. The van der Waals surface area contributed by atoms with Gasteiger partial charge in [0, 0.05) is 5.56 Å². The number of thioether (sulfide) groups is 1. The van der Waals surface area contributed by atoms with Gasteiger partial charge in [-0.1, -0.05) is 53.4 Å². The molecule has 0 bridgehead atoms. The molecule has 0 saturated carbocycles. The van der Waals surface area contributed by atoms with E-state index >= 15 is 0 Å². The SMILES string of the molecule is c1ccc(-c2nnc(CSc3nnc4sc5ccccc5n34)o2)cc1. The highest BCUT2D eigenvalue weighted by molar-refractivity contribution is 7.98. The predicted octanol–water partition coefficient (Wildman–Crippen LogP) is 4.29. The van der Waals surface area contributed by atoms with E-state index < -0.39 is 0 Å². The lowest BCUT2D eigenvalue weighted by Gasteiger charge is -1.96. The van der Waals surface area contributed by atoms with Crippen LogP contribution in [0.5, 0.6) is 0 Å². The van der Waals surface area contributed by atoms with Gasteiger partial charge in [-0.2, -0.15) is 0 Å². The van der Waals surface area contributed by atoms with E-state index in [1.807, 2.05) is 42.5 Å². The summed E-state index contributed by atoms with van der Waals surface area (Å²) >= 11 is 3.17. The Kier molecular flexibility index (Phi) is 3.50. The summed E-state index contributed by atoms with van der Waals surface area (Å²) in [5, 5.41) is 17.6. The fraction of sp³-hybridized carbons (Fsp3) is 0.0588. The van der Waals surface area contributed by atoms with E-state index in [4.69, 9.17) is 4.42 Å². The summed E-state index contributed by atoms with van der Waals surface area (Å²) in [5.41, 5.74) is 2.03. The smallest absolute Gasteiger partial charge is 0.247 e. The molecule has 0 amide bonds. The molecule has 5 aromatic rings. The quantitative estimate of drug-likeness (QED) is 0.443. The molecule has 0 unspecified atom stereocenters. The van der Waals surface area contributed by atoms with E-state index in [1.54, 1.807) is 11.3 Å². The second-order valence-electron chi connectivity index (χ2n) is 5.33. The molecule has 0 saturated heterocycles. The molecule has 5 rings (SSSR count). The second-order valence-corrected chi connectivity index (χ2v) is 7.28. The van der Waals surface area contributed by atoms with Gasteiger partial charge in [0.25, 0.3) is 0 Å². The van der Waals surface area contributed by atoms with E-state index in [-0.39, 0.29) is 0 Å². The first kappa shape index (κ1) is 14.6. The molecule has 25 heavy (non-hydrogen) atoms. The predicted molar refractivity (Wildman–Crippen MR) is 97.7 cm³/mol. The maximum atomic E-state index is 5.75. The summed E-state index contributed by atoms with van der Waals surface area (Å²) in [5.74, 6) is 1.65. The van der Waals surface area contributed by atoms with E-state index in [0.29, 0.717) is 17.5 Å². The zero-order valence-electron chi connectivity index (χ0n) is 12.9. The van der Waals surface area contributed by atoms with Crippen LogP contribution < -0.4 is 0 Å². The molecule has 3 heterocycles. The monoisotopic (exact) mass is 365 g/mol. The second kappa shape index (κ2) is 5.98. The Hall–Kier alpha value is -2.71. The molecule has 0 aliphatic heterocycles. The Balaban J connectivity index is 1.42. The van der Waals surface area contributed by atoms with Gasteiger partial charge < -0.3 is 4.42 Å². The highest BCUT2D eigenvalue weighted by atomic mass is 32.2. The lowest BCUT2D eigenvalue weighted by atomic mass is 10.2. The van der Waals surface area contributed by atoms with Crippen LogP contribution in [0.2, 0.25) is 0 Å². The standard InChI is InChI=1S/C17H11N5OS2/c1-2-6-11(7-3-1)15-19-18-14(23-15)10-24-16-20-21-17-22(16)12-8-4-5-9-13(12)25-17/h1-9H,10H2. The van der Waals surface area contributed by atoms with Gasteiger partial charge in [0.05, 0.1) is 16.0 Å². The molecule has 0 spiro atoms. The van der Waals surface area contributed by atoms with Crippen LogP contribution in [0.25, 0.3) is 26.6 Å². The number of hydrogen-bond donors (Lipinski definition) is 0. The van der Waals surface area contributed by atoms with Crippen molar-refractivity contribution in [3.8, 4) is 11.5 Å². The van der Waals surface area contributed by atoms with Crippen molar-refractivity contribution < 1.29 is 4.42 Å². The van der Waals surface area contributed by atoms with Crippen molar-refractivity contribution in [3.05, 3.63) is 60.5 Å². The van der Waals surface area contributed by atoms with Crippen LogP contribution in [0.1, 0.15) is 5.89 Å². The van der Waals surface area contributed by atoms with Crippen LogP contribution in [0.15, 0.2) is 64.2 Å². The van der Waals surface area contributed by atoms with Gasteiger partial charge in [-0.05, 0) is 24.3 Å². The van der Waals surface area contributed by atoms with Crippen molar-refractivity contribution in [2.75, 3.05) is 0 Å². The fourth-order valence-electron chi connectivity index (χ4n) is 2.58. The Labute approximate surface area is 150 Å². The van der Waals surface area contributed by atoms with Crippen LogP contribution in [-0.2, 0) is 5.75 Å². The molecular weight excluding hydrogens is 354 g/mol. The Morgan fingerprint density at radius 2 is 1.76 bits per heavy atom. The molecule has 0 N–H and O–H groups in total. The van der Waals surface area contributed by atoms with Gasteiger partial charge in [-0.15, -0.1) is 20.4 Å². The fourth-order valence-corrected chi connectivity index (χ4v) is 4.39. The van der Waals surface area contributed by atoms with Gasteiger partial charge in [0.1, 0.15) is 0 Å². The van der Waals surface area contributed by atoms with Gasteiger partial charge in [-0.3, -0.25) is 4.40 Å².